The first kappa shape index (κ1) is 17.4. The highest BCUT2D eigenvalue weighted by Gasteiger charge is 2.42. The molecule has 0 amide bonds. The second kappa shape index (κ2) is 6.94. The number of fused-ring (bicyclic) bond motifs is 1. The number of anilines is 1. The summed E-state index contributed by atoms with van der Waals surface area (Å²) >= 11 is 7.86. The highest BCUT2D eigenvalue weighted by atomic mass is 35.5. The van der Waals surface area contributed by atoms with Gasteiger partial charge in [-0.05, 0) is 37.1 Å². The minimum atomic E-state index is -0.961. The van der Waals surface area contributed by atoms with Crippen LogP contribution in [0.25, 0.3) is 11.1 Å². The van der Waals surface area contributed by atoms with Crippen LogP contribution in [0.5, 0.6) is 0 Å². The van der Waals surface area contributed by atoms with E-state index in [2.05, 4.69) is 22.3 Å². The molecule has 0 aliphatic heterocycles. The van der Waals surface area contributed by atoms with E-state index < -0.39 is 5.67 Å². The minimum absolute atomic E-state index is 0.357. The average molecular weight is 389 g/mol. The zero-order chi connectivity index (χ0) is 18.1. The van der Waals surface area contributed by atoms with E-state index in [4.69, 9.17) is 22.4 Å². The molecule has 1 fully saturated rings. The van der Waals surface area contributed by atoms with Gasteiger partial charge in [0.15, 0.2) is 5.58 Å². The van der Waals surface area contributed by atoms with Gasteiger partial charge < -0.3 is 9.73 Å². The molecule has 1 saturated carbocycles. The Morgan fingerprint density at radius 3 is 3.00 bits per heavy atom. The third-order valence-corrected chi connectivity index (χ3v) is 5.75. The molecule has 6 heteroatoms. The fraction of sp³-hybridized carbons (Fsp3) is 0.350. The summed E-state index contributed by atoms with van der Waals surface area (Å²) < 4.78 is 19.9. The molecule has 3 aromatic heterocycles. The second-order valence-electron chi connectivity index (χ2n) is 6.65. The molecule has 0 unspecified atom stereocenters. The van der Waals surface area contributed by atoms with Crippen LogP contribution in [-0.2, 0) is 13.0 Å². The van der Waals surface area contributed by atoms with Gasteiger partial charge in [-0.3, -0.25) is 0 Å². The largest absolute Gasteiger partial charge is 0.456 e. The number of pyridine rings is 1. The summed E-state index contributed by atoms with van der Waals surface area (Å²) in [6.07, 6.45) is 8.89. The molecule has 1 N–H and O–H groups in total. The van der Waals surface area contributed by atoms with Crippen molar-refractivity contribution in [2.75, 3.05) is 5.32 Å². The number of alkyl halides is 1. The molecule has 4 rings (SSSR count). The molecule has 134 valence electrons. The molecule has 1 aliphatic rings. The zero-order valence-corrected chi connectivity index (χ0v) is 15.7. The van der Waals surface area contributed by atoms with E-state index in [1.54, 1.807) is 17.4 Å². The fourth-order valence-electron chi connectivity index (χ4n) is 3.08. The van der Waals surface area contributed by atoms with Gasteiger partial charge in [-0.25, -0.2) is 9.37 Å². The van der Waals surface area contributed by atoms with Gasteiger partial charge in [0.25, 0.3) is 0 Å². The van der Waals surface area contributed by atoms with Crippen LogP contribution >= 0.6 is 22.9 Å². The van der Waals surface area contributed by atoms with Crippen molar-refractivity contribution in [2.24, 2.45) is 0 Å². The topological polar surface area (TPSA) is 38.1 Å². The zero-order valence-electron chi connectivity index (χ0n) is 14.1. The van der Waals surface area contributed by atoms with E-state index >= 15 is 0 Å². The number of furan rings is 1. The Labute approximate surface area is 160 Å². The van der Waals surface area contributed by atoms with Crippen LogP contribution in [-0.4, -0.2) is 10.7 Å². The number of hydrogen-bond acceptors (Lipinski definition) is 4. The van der Waals surface area contributed by atoms with E-state index in [1.807, 2.05) is 11.4 Å². The summed E-state index contributed by atoms with van der Waals surface area (Å²) in [6.45, 7) is 0.666. The number of halogens is 2. The number of aromatic nitrogens is 1. The van der Waals surface area contributed by atoms with Gasteiger partial charge in [0.2, 0.25) is 0 Å². The molecule has 3 heterocycles. The summed E-state index contributed by atoms with van der Waals surface area (Å²) in [7, 11) is 0. The monoisotopic (exact) mass is 388 g/mol. The van der Waals surface area contributed by atoms with Crippen molar-refractivity contribution in [1.29, 1.82) is 0 Å². The van der Waals surface area contributed by atoms with Gasteiger partial charge in [0.1, 0.15) is 22.1 Å². The van der Waals surface area contributed by atoms with E-state index in [0.29, 0.717) is 66.2 Å². The summed E-state index contributed by atoms with van der Waals surface area (Å²) in [5, 5.41) is 5.74. The van der Waals surface area contributed by atoms with Crippen LogP contribution in [0.2, 0.25) is 5.15 Å². The SMILES string of the molecule is C#Cc1c(CCCC2(F)CC2)oc2c(NCc3cccs3)cc(Cl)nc12. The van der Waals surface area contributed by atoms with E-state index in [0.717, 1.165) is 5.69 Å². The first-order chi connectivity index (χ1) is 12.6. The van der Waals surface area contributed by atoms with Gasteiger partial charge in [-0.2, -0.15) is 0 Å². The number of nitrogens with zero attached hydrogens (tertiary/aromatic N) is 1. The lowest BCUT2D eigenvalue weighted by Crippen LogP contribution is -1.99. The number of aryl methyl sites for hydroxylation is 1. The van der Waals surface area contributed by atoms with Gasteiger partial charge >= 0.3 is 0 Å². The molecule has 3 nitrogen and oxygen atoms in total. The number of terminal acetylenes is 1. The molecular weight excluding hydrogens is 371 g/mol. The lowest BCUT2D eigenvalue weighted by Gasteiger charge is -2.06. The summed E-state index contributed by atoms with van der Waals surface area (Å²) in [5.41, 5.74) is 1.61. The van der Waals surface area contributed by atoms with Crippen LogP contribution in [0, 0.1) is 12.3 Å². The molecule has 1 aliphatic carbocycles. The molecule has 0 saturated heterocycles. The molecule has 0 bridgehead atoms. The normalized spacial score (nSPS) is 15.1. The smallest absolute Gasteiger partial charge is 0.177 e. The number of hydrogen-bond donors (Lipinski definition) is 1. The summed E-state index contributed by atoms with van der Waals surface area (Å²) in [5.74, 6) is 3.35. The van der Waals surface area contributed by atoms with Crippen LogP contribution in [0.15, 0.2) is 28.0 Å². The van der Waals surface area contributed by atoms with Crippen molar-refractivity contribution in [1.82, 2.24) is 4.98 Å². The summed E-state index contributed by atoms with van der Waals surface area (Å²) in [6, 6.07) is 5.81. The van der Waals surface area contributed by atoms with Crippen molar-refractivity contribution < 1.29 is 8.81 Å². The number of thiophene rings is 1. The molecule has 0 atom stereocenters. The van der Waals surface area contributed by atoms with Crippen molar-refractivity contribution in [3.63, 3.8) is 0 Å². The maximum Gasteiger partial charge on any atom is 0.177 e. The highest BCUT2D eigenvalue weighted by molar-refractivity contribution is 7.09. The van der Waals surface area contributed by atoms with Crippen LogP contribution < -0.4 is 5.32 Å². The predicted molar refractivity (Wildman–Crippen MR) is 105 cm³/mol. The third kappa shape index (κ3) is 3.58. The van der Waals surface area contributed by atoms with Gasteiger partial charge in [0.05, 0.1) is 11.3 Å². The van der Waals surface area contributed by atoms with Crippen LogP contribution in [0.3, 0.4) is 0 Å². The van der Waals surface area contributed by atoms with Crippen molar-refractivity contribution >= 4 is 39.7 Å². The molecule has 0 spiro atoms. The van der Waals surface area contributed by atoms with Crippen molar-refractivity contribution in [2.45, 2.75) is 44.3 Å². The molecule has 3 aromatic rings. The lowest BCUT2D eigenvalue weighted by molar-refractivity contribution is 0.282. The Balaban J connectivity index is 1.61. The van der Waals surface area contributed by atoms with E-state index in [9.17, 15) is 4.39 Å². The Morgan fingerprint density at radius 1 is 1.46 bits per heavy atom. The van der Waals surface area contributed by atoms with Crippen molar-refractivity contribution in [3.8, 4) is 12.3 Å². The maximum absolute atomic E-state index is 13.8. The molecule has 0 aromatic carbocycles. The molecular formula is C20H18ClFN2OS. The van der Waals surface area contributed by atoms with Gasteiger partial charge in [-0.15, -0.1) is 17.8 Å². The first-order valence-electron chi connectivity index (χ1n) is 8.62. The molecule has 26 heavy (non-hydrogen) atoms. The Kier molecular flexibility index (Phi) is 4.64. The fourth-order valence-corrected chi connectivity index (χ4v) is 3.92. The maximum atomic E-state index is 13.8. The Morgan fingerprint density at radius 2 is 2.31 bits per heavy atom. The minimum Gasteiger partial charge on any atom is -0.456 e. The first-order valence-corrected chi connectivity index (χ1v) is 9.87. The van der Waals surface area contributed by atoms with E-state index in [1.165, 1.54) is 4.88 Å². The van der Waals surface area contributed by atoms with Crippen molar-refractivity contribution in [3.05, 3.63) is 44.9 Å². The quantitative estimate of drug-likeness (QED) is 0.400. The number of rotatable bonds is 7. The molecule has 0 radical (unpaired) electrons. The second-order valence-corrected chi connectivity index (χ2v) is 8.07. The predicted octanol–water partition coefficient (Wildman–Crippen LogP) is 5.96. The van der Waals surface area contributed by atoms with Crippen LogP contribution in [0.4, 0.5) is 10.1 Å². The van der Waals surface area contributed by atoms with Gasteiger partial charge in [0, 0.05) is 23.9 Å². The Hall–Kier alpha value is -2.03. The number of nitrogens with one attached hydrogen (secondary N) is 1. The van der Waals surface area contributed by atoms with Crippen LogP contribution in [0.1, 0.15) is 41.9 Å². The Bertz CT molecular complexity index is 970. The average Bonchev–Trinajstić information content (AvgIpc) is 3.02. The van der Waals surface area contributed by atoms with E-state index in [-0.39, 0.29) is 0 Å². The third-order valence-electron chi connectivity index (χ3n) is 4.68. The van der Waals surface area contributed by atoms with Gasteiger partial charge in [-0.1, -0.05) is 23.6 Å². The lowest BCUT2D eigenvalue weighted by atomic mass is 10.1. The highest BCUT2D eigenvalue weighted by Crippen LogP contribution is 2.44. The standard InChI is InChI=1S/C20H18ClFN2OS/c1-2-14-16(6-3-7-20(22)8-9-20)25-19-15(11-17(21)24-18(14)19)23-12-13-5-4-10-26-13/h1,4-5,10-11H,3,6-9,12H2,(H,23,24). The summed E-state index contributed by atoms with van der Waals surface area (Å²) in [4.78, 5) is 5.56.